The van der Waals surface area contributed by atoms with Gasteiger partial charge in [0, 0.05) is 19.2 Å². The number of nitro benzene ring substituents is 1. The van der Waals surface area contributed by atoms with Gasteiger partial charge in [-0.05, 0) is 25.5 Å². The predicted molar refractivity (Wildman–Crippen MR) is 99.6 cm³/mol. The van der Waals surface area contributed by atoms with Crippen molar-refractivity contribution in [2.75, 3.05) is 24.2 Å². The number of nitro groups is 1. The summed E-state index contributed by atoms with van der Waals surface area (Å²) in [5.41, 5.74) is -1.74. The largest absolute Gasteiger partial charge is 0.416 e. The van der Waals surface area contributed by atoms with Crippen LogP contribution in [0.2, 0.25) is 0 Å². The van der Waals surface area contributed by atoms with Crippen LogP contribution in [0.1, 0.15) is 17.0 Å². The van der Waals surface area contributed by atoms with E-state index in [1.807, 2.05) is 6.92 Å². The molecule has 0 saturated carbocycles. The summed E-state index contributed by atoms with van der Waals surface area (Å²) in [6.45, 7) is 2.38. The predicted octanol–water partition coefficient (Wildman–Crippen LogP) is 3.48. The number of halogens is 3. The lowest BCUT2D eigenvalue weighted by Crippen LogP contribution is -2.27. The summed E-state index contributed by atoms with van der Waals surface area (Å²) < 4.78 is 38.7. The van der Waals surface area contributed by atoms with Gasteiger partial charge < -0.3 is 10.6 Å². The van der Waals surface area contributed by atoms with Crippen molar-refractivity contribution in [1.29, 1.82) is 0 Å². The topological polar surface area (TPSA) is 110 Å². The molecule has 0 spiro atoms. The Labute approximate surface area is 166 Å². The van der Waals surface area contributed by atoms with Gasteiger partial charge in [-0.1, -0.05) is 23.1 Å². The third-order valence-corrected chi connectivity index (χ3v) is 5.32. The van der Waals surface area contributed by atoms with E-state index in [0.717, 1.165) is 17.1 Å². The number of thioether (sulfide) groups is 1. The lowest BCUT2D eigenvalue weighted by atomic mass is 10.1. The third-order valence-electron chi connectivity index (χ3n) is 3.35. The number of nitrogens with zero attached hydrogens (tertiary/aromatic N) is 3. The minimum Gasteiger partial charge on any atom is -0.379 e. The SMILES string of the molecule is Cc1nnc(SCC(=O)NCCCNc2ccc(C(F)(F)F)cc2[N+](=O)[O-])s1. The third kappa shape index (κ3) is 6.64. The van der Waals surface area contributed by atoms with Crippen molar-refractivity contribution >= 4 is 40.4 Å². The highest BCUT2D eigenvalue weighted by molar-refractivity contribution is 8.01. The zero-order chi connectivity index (χ0) is 20.7. The molecule has 2 aromatic rings. The molecule has 28 heavy (non-hydrogen) atoms. The molecule has 0 aliphatic rings. The molecule has 1 aromatic carbocycles. The first-order chi connectivity index (χ1) is 13.2. The Morgan fingerprint density at radius 2 is 2.07 bits per heavy atom. The number of carbonyl (C=O) groups is 1. The minimum absolute atomic E-state index is 0.00785. The van der Waals surface area contributed by atoms with Crippen LogP contribution in [0.3, 0.4) is 0 Å². The number of hydrogen-bond donors (Lipinski definition) is 2. The summed E-state index contributed by atoms with van der Waals surface area (Å²) >= 11 is 2.66. The first-order valence-electron chi connectivity index (χ1n) is 7.96. The Bertz CT molecular complexity index is 845. The first kappa shape index (κ1) is 21.9. The van der Waals surface area contributed by atoms with Gasteiger partial charge in [0.15, 0.2) is 4.34 Å². The van der Waals surface area contributed by atoms with Crippen LogP contribution < -0.4 is 10.6 Å². The lowest BCUT2D eigenvalue weighted by Gasteiger charge is -2.11. The van der Waals surface area contributed by atoms with Crippen molar-refractivity contribution in [3.8, 4) is 0 Å². The average Bonchev–Trinajstić information content (AvgIpc) is 3.04. The average molecular weight is 435 g/mol. The number of aromatic nitrogens is 2. The number of alkyl halides is 3. The fourth-order valence-corrected chi connectivity index (χ4v) is 3.71. The fraction of sp³-hybridized carbons (Fsp3) is 0.400. The Kier molecular flexibility index (Phi) is 7.57. The molecule has 152 valence electrons. The molecule has 13 heteroatoms. The number of aryl methyl sites for hydroxylation is 1. The molecule has 1 heterocycles. The number of nitrogens with one attached hydrogen (secondary N) is 2. The van der Waals surface area contributed by atoms with Gasteiger partial charge in [-0.25, -0.2) is 0 Å². The van der Waals surface area contributed by atoms with Crippen molar-refractivity contribution in [2.24, 2.45) is 0 Å². The van der Waals surface area contributed by atoms with E-state index in [4.69, 9.17) is 0 Å². The number of carbonyl (C=O) groups excluding carboxylic acids is 1. The van der Waals surface area contributed by atoms with Gasteiger partial charge in [0.1, 0.15) is 10.7 Å². The minimum atomic E-state index is -4.65. The second-order valence-electron chi connectivity index (χ2n) is 5.49. The van der Waals surface area contributed by atoms with Gasteiger partial charge in [0.05, 0.1) is 16.2 Å². The summed E-state index contributed by atoms with van der Waals surface area (Å²) in [6.07, 6.45) is -4.22. The van der Waals surface area contributed by atoms with Crippen LogP contribution in [0.15, 0.2) is 22.5 Å². The number of anilines is 1. The molecule has 0 atom stereocenters. The molecule has 0 bridgehead atoms. The maximum absolute atomic E-state index is 12.7. The van der Waals surface area contributed by atoms with E-state index in [1.54, 1.807) is 0 Å². The molecule has 1 aromatic heterocycles. The zero-order valence-corrected chi connectivity index (χ0v) is 16.2. The van der Waals surface area contributed by atoms with E-state index in [-0.39, 0.29) is 23.9 Å². The van der Waals surface area contributed by atoms with Crippen molar-refractivity contribution in [3.05, 3.63) is 38.9 Å². The maximum atomic E-state index is 12.7. The van der Waals surface area contributed by atoms with E-state index in [9.17, 15) is 28.1 Å². The monoisotopic (exact) mass is 435 g/mol. The van der Waals surface area contributed by atoms with Crippen LogP contribution in [-0.4, -0.2) is 39.9 Å². The number of benzene rings is 1. The summed E-state index contributed by atoms with van der Waals surface area (Å²) in [4.78, 5) is 21.9. The Hall–Kier alpha value is -2.41. The molecule has 0 unspecified atom stereocenters. The second-order valence-corrected chi connectivity index (χ2v) is 7.90. The highest BCUT2D eigenvalue weighted by atomic mass is 32.2. The maximum Gasteiger partial charge on any atom is 0.416 e. The van der Waals surface area contributed by atoms with E-state index < -0.39 is 22.4 Å². The molecule has 0 radical (unpaired) electrons. The van der Waals surface area contributed by atoms with Crippen LogP contribution in [0.25, 0.3) is 0 Å². The standard InChI is InChI=1S/C15H16F3N5O3S2/c1-9-21-22-14(28-9)27-8-13(24)20-6-2-5-19-11-4-3-10(15(16,17)18)7-12(11)23(25)26/h3-4,7,19H,2,5-6,8H2,1H3,(H,20,24). The zero-order valence-electron chi connectivity index (χ0n) is 14.6. The smallest absolute Gasteiger partial charge is 0.379 e. The normalized spacial score (nSPS) is 11.3. The molecule has 0 fully saturated rings. The van der Waals surface area contributed by atoms with Gasteiger partial charge in [-0.2, -0.15) is 13.2 Å². The van der Waals surface area contributed by atoms with E-state index in [2.05, 4.69) is 20.8 Å². The van der Waals surface area contributed by atoms with Crippen LogP contribution in [0.4, 0.5) is 24.5 Å². The van der Waals surface area contributed by atoms with Crippen LogP contribution in [-0.2, 0) is 11.0 Å². The van der Waals surface area contributed by atoms with Gasteiger partial charge in [0.2, 0.25) is 5.91 Å². The molecule has 2 rings (SSSR count). The molecule has 1 amide bonds. The Morgan fingerprint density at radius 1 is 1.32 bits per heavy atom. The first-order valence-corrected chi connectivity index (χ1v) is 9.76. The van der Waals surface area contributed by atoms with Crippen molar-refractivity contribution in [3.63, 3.8) is 0 Å². The van der Waals surface area contributed by atoms with Crippen LogP contribution in [0, 0.1) is 17.0 Å². The molecule has 0 aliphatic heterocycles. The molecular weight excluding hydrogens is 419 g/mol. The highest BCUT2D eigenvalue weighted by Gasteiger charge is 2.32. The van der Waals surface area contributed by atoms with E-state index >= 15 is 0 Å². The van der Waals surface area contributed by atoms with Crippen LogP contribution in [0.5, 0.6) is 0 Å². The van der Waals surface area contributed by atoms with Crippen molar-refractivity contribution in [2.45, 2.75) is 23.9 Å². The highest BCUT2D eigenvalue weighted by Crippen LogP contribution is 2.34. The van der Waals surface area contributed by atoms with Crippen LogP contribution >= 0.6 is 23.1 Å². The lowest BCUT2D eigenvalue weighted by molar-refractivity contribution is -0.384. The number of rotatable bonds is 9. The van der Waals surface area contributed by atoms with Crippen molar-refractivity contribution in [1.82, 2.24) is 15.5 Å². The quantitative estimate of drug-likeness (QED) is 0.269. The summed E-state index contributed by atoms with van der Waals surface area (Å²) in [5, 5.41) is 25.0. The van der Waals surface area contributed by atoms with E-state index in [0.29, 0.717) is 23.4 Å². The fourth-order valence-electron chi connectivity index (χ4n) is 2.06. The second kappa shape index (κ2) is 9.68. The van der Waals surface area contributed by atoms with Crippen molar-refractivity contribution < 1.29 is 22.9 Å². The van der Waals surface area contributed by atoms with Gasteiger partial charge in [-0.15, -0.1) is 10.2 Å². The summed E-state index contributed by atoms with van der Waals surface area (Å²) in [5.74, 6) is -0.00902. The number of amides is 1. The molecular formula is C15H16F3N5O3S2. The summed E-state index contributed by atoms with van der Waals surface area (Å²) in [7, 11) is 0. The number of hydrogen-bond acceptors (Lipinski definition) is 8. The van der Waals surface area contributed by atoms with Gasteiger partial charge in [-0.3, -0.25) is 14.9 Å². The van der Waals surface area contributed by atoms with Gasteiger partial charge >= 0.3 is 6.18 Å². The Balaban J connectivity index is 1.75. The van der Waals surface area contributed by atoms with Gasteiger partial charge in [0.25, 0.3) is 5.69 Å². The van der Waals surface area contributed by atoms with E-state index in [1.165, 1.54) is 23.1 Å². The summed E-state index contributed by atoms with van der Waals surface area (Å²) in [6, 6.07) is 2.31. The molecule has 8 nitrogen and oxygen atoms in total. The molecule has 0 saturated heterocycles. The molecule has 2 N–H and O–H groups in total. The Morgan fingerprint density at radius 3 is 2.68 bits per heavy atom. The molecule has 0 aliphatic carbocycles.